The van der Waals surface area contributed by atoms with Gasteiger partial charge in [0.25, 0.3) is 0 Å². The molecule has 0 heterocycles. The molecule has 0 aliphatic rings. The van der Waals surface area contributed by atoms with Crippen molar-refractivity contribution in [3.05, 3.63) is 95.1 Å². The second-order valence-electron chi connectivity index (χ2n) is 6.05. The van der Waals surface area contributed by atoms with Crippen LogP contribution < -0.4 is 20.9 Å². The van der Waals surface area contributed by atoms with Gasteiger partial charge in [0.05, 0.1) is 0 Å². The first-order valence-electron chi connectivity index (χ1n) is 9.10. The number of nitrogens with one attached hydrogen (secondary N) is 2. The predicted octanol–water partition coefficient (Wildman–Crippen LogP) is 3.70. The standard InChI is InChI=1S/C22H21N3O2.CH5N/c23-13-16-4-8-20(9-5-16)26-14-17-2-1-3-18(12-17)15-27-21-10-6-19(7-11-21)22(24)25;1-2/h1-13,23H,14-15H2,(H3,24,25);2H2,1H3. The van der Waals surface area contributed by atoms with Crippen molar-refractivity contribution in [2.45, 2.75) is 13.2 Å². The van der Waals surface area contributed by atoms with Crippen LogP contribution in [-0.4, -0.2) is 19.1 Å². The molecule has 0 unspecified atom stereocenters. The van der Waals surface area contributed by atoms with E-state index in [1.165, 1.54) is 13.3 Å². The Morgan fingerprint density at radius 3 is 1.76 bits per heavy atom. The molecule has 0 fully saturated rings. The Labute approximate surface area is 171 Å². The molecule has 0 amide bonds. The van der Waals surface area contributed by atoms with Gasteiger partial charge in [0, 0.05) is 11.8 Å². The molecule has 29 heavy (non-hydrogen) atoms. The molecule has 6 heteroatoms. The second-order valence-corrected chi connectivity index (χ2v) is 6.05. The molecule has 0 aromatic heterocycles. The van der Waals surface area contributed by atoms with E-state index in [1.54, 1.807) is 12.1 Å². The van der Waals surface area contributed by atoms with Gasteiger partial charge in [-0.15, -0.1) is 0 Å². The SMILES string of the molecule is CN.N=Cc1ccc(OCc2cccc(COc3ccc(C(=N)N)cc3)c2)cc1. The van der Waals surface area contributed by atoms with Crippen LogP contribution in [0.2, 0.25) is 0 Å². The van der Waals surface area contributed by atoms with Gasteiger partial charge in [0.1, 0.15) is 30.5 Å². The van der Waals surface area contributed by atoms with Gasteiger partial charge in [-0.3, -0.25) is 5.41 Å². The monoisotopic (exact) mass is 390 g/mol. The molecule has 0 aliphatic heterocycles. The molecule has 3 rings (SSSR count). The Balaban J connectivity index is 0.00000145. The molecular weight excluding hydrogens is 364 g/mol. The zero-order valence-corrected chi connectivity index (χ0v) is 16.4. The average molecular weight is 390 g/mol. The van der Waals surface area contributed by atoms with Gasteiger partial charge in [-0.05, 0) is 78.3 Å². The third kappa shape index (κ3) is 6.79. The summed E-state index contributed by atoms with van der Waals surface area (Å²) >= 11 is 0. The van der Waals surface area contributed by atoms with Gasteiger partial charge in [-0.2, -0.15) is 0 Å². The number of hydrogen-bond donors (Lipinski definition) is 4. The molecule has 0 aliphatic carbocycles. The van der Waals surface area contributed by atoms with E-state index in [1.807, 2.05) is 54.6 Å². The summed E-state index contributed by atoms with van der Waals surface area (Å²) in [5.41, 5.74) is 13.6. The lowest BCUT2D eigenvalue weighted by Crippen LogP contribution is -2.10. The zero-order chi connectivity index (χ0) is 21.1. The van der Waals surface area contributed by atoms with E-state index in [9.17, 15) is 0 Å². The van der Waals surface area contributed by atoms with Crippen LogP contribution in [0.25, 0.3) is 0 Å². The molecule has 0 saturated heterocycles. The number of nitrogen functional groups attached to an aromatic ring is 1. The quantitative estimate of drug-likeness (QED) is 0.346. The fourth-order valence-corrected chi connectivity index (χ4v) is 2.53. The first-order chi connectivity index (χ1) is 14.1. The van der Waals surface area contributed by atoms with E-state index < -0.39 is 0 Å². The van der Waals surface area contributed by atoms with Crippen LogP contribution in [0.4, 0.5) is 0 Å². The number of amidine groups is 1. The molecule has 150 valence electrons. The first-order valence-corrected chi connectivity index (χ1v) is 9.10. The number of hydrogen-bond acceptors (Lipinski definition) is 5. The number of nitrogens with two attached hydrogens (primary N) is 2. The second kappa shape index (κ2) is 11.3. The Morgan fingerprint density at radius 2 is 1.31 bits per heavy atom. The van der Waals surface area contributed by atoms with Crippen molar-refractivity contribution in [3.8, 4) is 11.5 Å². The number of benzene rings is 3. The van der Waals surface area contributed by atoms with Crippen molar-refractivity contribution >= 4 is 12.1 Å². The molecule has 6 nitrogen and oxygen atoms in total. The highest BCUT2D eigenvalue weighted by molar-refractivity contribution is 5.94. The van der Waals surface area contributed by atoms with Gasteiger partial charge < -0.3 is 26.4 Å². The van der Waals surface area contributed by atoms with Crippen LogP contribution in [0.5, 0.6) is 11.5 Å². The summed E-state index contributed by atoms with van der Waals surface area (Å²) in [5, 5.41) is 14.6. The summed E-state index contributed by atoms with van der Waals surface area (Å²) in [6.45, 7) is 0.909. The fraction of sp³-hybridized carbons (Fsp3) is 0.130. The summed E-state index contributed by atoms with van der Waals surface area (Å²) in [6, 6.07) is 22.6. The highest BCUT2D eigenvalue weighted by Crippen LogP contribution is 2.17. The Kier molecular flexibility index (Phi) is 8.41. The van der Waals surface area contributed by atoms with Crippen LogP contribution >= 0.6 is 0 Å². The van der Waals surface area contributed by atoms with Gasteiger partial charge >= 0.3 is 0 Å². The lowest BCUT2D eigenvalue weighted by molar-refractivity contribution is 0.300. The maximum absolute atomic E-state index is 7.40. The molecule has 3 aromatic carbocycles. The summed E-state index contributed by atoms with van der Waals surface area (Å²) in [4.78, 5) is 0. The van der Waals surface area contributed by atoms with Crippen LogP contribution in [0.15, 0.2) is 72.8 Å². The lowest BCUT2D eigenvalue weighted by atomic mass is 10.1. The maximum Gasteiger partial charge on any atom is 0.122 e. The van der Waals surface area contributed by atoms with Gasteiger partial charge in [0.15, 0.2) is 0 Å². The van der Waals surface area contributed by atoms with Crippen molar-refractivity contribution in [2.24, 2.45) is 11.5 Å². The van der Waals surface area contributed by atoms with E-state index >= 15 is 0 Å². The Hall–Kier alpha value is -3.64. The van der Waals surface area contributed by atoms with Crippen molar-refractivity contribution < 1.29 is 9.47 Å². The van der Waals surface area contributed by atoms with E-state index in [-0.39, 0.29) is 5.84 Å². The van der Waals surface area contributed by atoms with Crippen LogP contribution in [0.3, 0.4) is 0 Å². The molecule has 0 atom stereocenters. The summed E-state index contributed by atoms with van der Waals surface area (Å²) in [7, 11) is 1.50. The summed E-state index contributed by atoms with van der Waals surface area (Å²) < 4.78 is 11.6. The predicted molar refractivity (Wildman–Crippen MR) is 117 cm³/mol. The summed E-state index contributed by atoms with van der Waals surface area (Å²) in [6.07, 6.45) is 1.31. The van der Waals surface area contributed by atoms with E-state index in [4.69, 9.17) is 26.0 Å². The van der Waals surface area contributed by atoms with Gasteiger partial charge in [-0.1, -0.05) is 18.2 Å². The first kappa shape index (κ1) is 21.7. The minimum atomic E-state index is 0.0433. The minimum Gasteiger partial charge on any atom is -0.489 e. The van der Waals surface area contributed by atoms with Crippen molar-refractivity contribution in [1.82, 2.24) is 0 Å². The van der Waals surface area contributed by atoms with Crippen molar-refractivity contribution in [3.63, 3.8) is 0 Å². The molecule has 6 N–H and O–H groups in total. The van der Waals surface area contributed by atoms with Crippen molar-refractivity contribution in [2.75, 3.05) is 7.05 Å². The molecule has 0 radical (unpaired) electrons. The highest BCUT2D eigenvalue weighted by Gasteiger charge is 2.01. The largest absolute Gasteiger partial charge is 0.489 e. The number of rotatable bonds is 8. The van der Waals surface area contributed by atoms with E-state index in [0.29, 0.717) is 18.8 Å². The smallest absolute Gasteiger partial charge is 0.122 e. The third-order valence-corrected chi connectivity index (χ3v) is 4.01. The molecule has 3 aromatic rings. The van der Waals surface area contributed by atoms with Crippen molar-refractivity contribution in [1.29, 1.82) is 10.8 Å². The zero-order valence-electron chi connectivity index (χ0n) is 16.4. The third-order valence-electron chi connectivity index (χ3n) is 4.01. The van der Waals surface area contributed by atoms with Crippen LogP contribution in [-0.2, 0) is 13.2 Å². The average Bonchev–Trinajstić information content (AvgIpc) is 2.78. The molecule has 0 bridgehead atoms. The van der Waals surface area contributed by atoms with E-state index in [2.05, 4.69) is 11.8 Å². The number of ether oxygens (including phenoxy) is 2. The minimum absolute atomic E-state index is 0.0433. The summed E-state index contributed by atoms with van der Waals surface area (Å²) in [5.74, 6) is 1.54. The Bertz CT molecular complexity index is 922. The molecule has 0 spiro atoms. The maximum atomic E-state index is 7.40. The molecular formula is C23H26N4O2. The van der Waals surface area contributed by atoms with E-state index in [0.717, 1.165) is 28.2 Å². The Morgan fingerprint density at radius 1 is 0.828 bits per heavy atom. The lowest BCUT2D eigenvalue weighted by Gasteiger charge is -2.10. The van der Waals surface area contributed by atoms with Gasteiger partial charge in [-0.25, -0.2) is 0 Å². The topological polar surface area (TPSA) is 118 Å². The van der Waals surface area contributed by atoms with Crippen LogP contribution in [0, 0.1) is 10.8 Å². The molecule has 0 saturated carbocycles. The normalized spacial score (nSPS) is 9.72. The van der Waals surface area contributed by atoms with Crippen LogP contribution in [0.1, 0.15) is 22.3 Å². The van der Waals surface area contributed by atoms with Gasteiger partial charge in [0.2, 0.25) is 0 Å². The fourth-order valence-electron chi connectivity index (χ4n) is 2.53. The highest BCUT2D eigenvalue weighted by atomic mass is 16.5.